The number of hydrogen-bond donors (Lipinski definition) is 3. The van der Waals surface area contributed by atoms with Gasteiger partial charge in [-0.05, 0) is 64.5 Å². The van der Waals surface area contributed by atoms with Crippen LogP contribution in [0, 0.1) is 0 Å². The van der Waals surface area contributed by atoms with Gasteiger partial charge in [0.15, 0.2) is 0 Å². The van der Waals surface area contributed by atoms with Gasteiger partial charge in [0.1, 0.15) is 0 Å². The fourth-order valence-electron chi connectivity index (χ4n) is 4.59. The molecule has 0 aliphatic heterocycles. The van der Waals surface area contributed by atoms with Gasteiger partial charge >= 0.3 is 6.09 Å². The Bertz CT molecular complexity index is 1200. The molecule has 0 bridgehead atoms. The average molecular weight is 542 g/mol. The molecule has 0 atom stereocenters. The van der Waals surface area contributed by atoms with Gasteiger partial charge in [-0.15, -0.1) is 23.1 Å². The molecule has 198 valence electrons. The van der Waals surface area contributed by atoms with Crippen LogP contribution in [0.5, 0.6) is 0 Å². The van der Waals surface area contributed by atoms with Gasteiger partial charge in [0.05, 0.1) is 41.0 Å². The van der Waals surface area contributed by atoms with E-state index in [2.05, 4.69) is 33.9 Å². The molecule has 0 radical (unpaired) electrons. The minimum Gasteiger partial charge on any atom is -0.447 e. The van der Waals surface area contributed by atoms with Gasteiger partial charge in [-0.3, -0.25) is 4.68 Å². The third-order valence-electron chi connectivity index (χ3n) is 6.58. The van der Waals surface area contributed by atoms with Gasteiger partial charge in [-0.25, -0.2) is 9.78 Å². The monoisotopic (exact) mass is 541 g/mol. The number of aromatic nitrogens is 3. The summed E-state index contributed by atoms with van der Waals surface area (Å²) in [6.45, 7) is 4.29. The lowest BCUT2D eigenvalue weighted by atomic mass is 9.86. The first-order valence-corrected chi connectivity index (χ1v) is 14.8. The van der Waals surface area contributed by atoms with Crippen LogP contribution in [0.3, 0.4) is 0 Å². The van der Waals surface area contributed by atoms with Crippen LogP contribution < -0.4 is 10.6 Å². The zero-order valence-corrected chi connectivity index (χ0v) is 23.0. The first kappa shape index (κ1) is 26.1. The number of hydrogen-bond acceptors (Lipinski definition) is 8. The number of rotatable bonds is 10. The molecule has 1 amide bonds. The number of benzene rings is 1. The zero-order valence-electron chi connectivity index (χ0n) is 21.4. The highest BCUT2D eigenvalue weighted by atomic mass is 32.2. The van der Waals surface area contributed by atoms with Gasteiger partial charge < -0.3 is 20.5 Å². The summed E-state index contributed by atoms with van der Waals surface area (Å²) in [5, 5.41) is 21.8. The second-order valence-electron chi connectivity index (χ2n) is 10.1. The molecule has 3 aromatic rings. The SMILES string of the molecule is CC(C)OC(=O)NC1CCC(c2ncc(-c3ccc(Nc4cnn(CCO)c4)cc3SC3CC3)s2)CC1. The van der Waals surface area contributed by atoms with Crippen LogP contribution in [0.25, 0.3) is 10.4 Å². The second-order valence-corrected chi connectivity index (χ2v) is 12.5. The number of aliphatic hydroxyl groups excluding tert-OH is 1. The number of carbonyl (C=O) groups excluding carboxylic acids is 1. The van der Waals surface area contributed by atoms with Gasteiger partial charge in [0, 0.05) is 45.7 Å². The predicted octanol–water partition coefficient (Wildman–Crippen LogP) is 6.16. The zero-order chi connectivity index (χ0) is 25.8. The number of ether oxygens (including phenoxy) is 1. The number of carbonyl (C=O) groups is 1. The summed E-state index contributed by atoms with van der Waals surface area (Å²) in [6.07, 6.45) is 11.8. The Morgan fingerprint density at radius 3 is 2.73 bits per heavy atom. The van der Waals surface area contributed by atoms with Crippen molar-refractivity contribution in [2.24, 2.45) is 0 Å². The molecule has 10 heteroatoms. The summed E-state index contributed by atoms with van der Waals surface area (Å²) in [4.78, 5) is 19.3. The number of amides is 1. The lowest BCUT2D eigenvalue weighted by molar-refractivity contribution is 0.109. The van der Waals surface area contributed by atoms with Crippen molar-refractivity contribution in [3.05, 3.63) is 41.8 Å². The van der Waals surface area contributed by atoms with Crippen LogP contribution in [0.4, 0.5) is 16.2 Å². The minimum absolute atomic E-state index is 0.0695. The number of nitrogens with zero attached hydrogens (tertiary/aromatic N) is 3. The highest BCUT2D eigenvalue weighted by Gasteiger charge is 2.27. The highest BCUT2D eigenvalue weighted by Crippen LogP contribution is 2.46. The van der Waals surface area contributed by atoms with Gasteiger partial charge in [0.25, 0.3) is 0 Å². The second kappa shape index (κ2) is 11.9. The third kappa shape index (κ3) is 7.06. The minimum atomic E-state index is -0.312. The molecule has 2 saturated carbocycles. The summed E-state index contributed by atoms with van der Waals surface area (Å²) in [5.41, 5.74) is 3.18. The maximum absolute atomic E-state index is 11.9. The van der Waals surface area contributed by atoms with Crippen LogP contribution in [0.15, 0.2) is 41.7 Å². The fraction of sp³-hybridized carbons (Fsp3) is 0.519. The molecule has 0 saturated heterocycles. The molecule has 2 aliphatic carbocycles. The van der Waals surface area contributed by atoms with Gasteiger partial charge in [-0.1, -0.05) is 6.07 Å². The predicted molar refractivity (Wildman–Crippen MR) is 149 cm³/mol. The van der Waals surface area contributed by atoms with Crippen molar-refractivity contribution >= 4 is 40.6 Å². The van der Waals surface area contributed by atoms with E-state index in [9.17, 15) is 4.79 Å². The van der Waals surface area contributed by atoms with Crippen molar-refractivity contribution in [3.8, 4) is 10.4 Å². The Morgan fingerprint density at radius 2 is 2.00 bits per heavy atom. The topological polar surface area (TPSA) is 101 Å². The molecule has 3 N–H and O–H groups in total. The van der Waals surface area contributed by atoms with E-state index < -0.39 is 0 Å². The molecule has 8 nitrogen and oxygen atoms in total. The lowest BCUT2D eigenvalue weighted by Gasteiger charge is -2.28. The number of anilines is 2. The molecule has 2 fully saturated rings. The smallest absolute Gasteiger partial charge is 0.407 e. The standard InChI is InChI=1S/C27H35N5O3S2/c1-17(2)35-27(34)31-19-5-3-18(4-6-19)26-28-15-25(37-26)23-10-7-20(13-24(23)36-22-8-9-22)30-21-14-29-32(16-21)11-12-33/h7,10,13-19,22,30,33H,3-6,8-9,11-12H2,1-2H3,(H,31,34). The third-order valence-corrected chi connectivity index (χ3v) is 9.17. The number of aliphatic hydroxyl groups is 1. The van der Waals surface area contributed by atoms with Gasteiger partial charge in [-0.2, -0.15) is 5.10 Å². The maximum atomic E-state index is 11.9. The Morgan fingerprint density at radius 1 is 1.19 bits per heavy atom. The van der Waals surface area contributed by atoms with Crippen molar-refractivity contribution in [3.63, 3.8) is 0 Å². The largest absolute Gasteiger partial charge is 0.447 e. The molecule has 2 aliphatic rings. The molecule has 37 heavy (non-hydrogen) atoms. The Hall–Kier alpha value is -2.56. The average Bonchev–Trinajstić information content (AvgIpc) is 3.35. The number of thiazole rings is 1. The van der Waals surface area contributed by atoms with Crippen molar-refractivity contribution in [2.75, 3.05) is 11.9 Å². The van der Waals surface area contributed by atoms with Crippen molar-refractivity contribution in [1.29, 1.82) is 0 Å². The Balaban J connectivity index is 1.25. The van der Waals surface area contributed by atoms with E-state index in [-0.39, 0.29) is 24.8 Å². The first-order chi connectivity index (χ1) is 18.0. The van der Waals surface area contributed by atoms with Crippen molar-refractivity contribution in [2.45, 2.75) is 87.1 Å². The molecule has 0 unspecified atom stereocenters. The molecule has 1 aromatic carbocycles. The van der Waals surface area contributed by atoms with Crippen LogP contribution in [-0.2, 0) is 11.3 Å². The molecular weight excluding hydrogens is 506 g/mol. The quantitative estimate of drug-likeness (QED) is 0.283. The molecule has 2 heterocycles. The fourth-order valence-corrected chi connectivity index (χ4v) is 7.01. The van der Waals surface area contributed by atoms with E-state index in [4.69, 9.17) is 14.8 Å². The molecule has 5 rings (SSSR count). The number of nitrogens with one attached hydrogen (secondary N) is 2. The van der Waals surface area contributed by atoms with E-state index in [0.29, 0.717) is 17.7 Å². The highest BCUT2D eigenvalue weighted by molar-refractivity contribution is 8.00. The first-order valence-electron chi connectivity index (χ1n) is 13.1. The maximum Gasteiger partial charge on any atom is 0.407 e. The summed E-state index contributed by atoms with van der Waals surface area (Å²) in [6, 6.07) is 6.72. The van der Waals surface area contributed by atoms with E-state index in [1.54, 1.807) is 22.2 Å². The van der Waals surface area contributed by atoms with Crippen molar-refractivity contribution in [1.82, 2.24) is 20.1 Å². The summed E-state index contributed by atoms with van der Waals surface area (Å²) in [5.74, 6) is 0.439. The summed E-state index contributed by atoms with van der Waals surface area (Å²) >= 11 is 3.76. The van der Waals surface area contributed by atoms with Crippen LogP contribution in [-0.4, -0.2) is 50.0 Å². The normalized spacial score (nSPS) is 19.7. The lowest BCUT2D eigenvalue weighted by Crippen LogP contribution is -2.38. The Kier molecular flexibility index (Phi) is 8.36. The van der Waals surface area contributed by atoms with Crippen LogP contribution >= 0.6 is 23.1 Å². The molecule has 2 aromatic heterocycles. The van der Waals surface area contributed by atoms with Crippen LogP contribution in [0.1, 0.15) is 63.3 Å². The van der Waals surface area contributed by atoms with E-state index >= 15 is 0 Å². The van der Waals surface area contributed by atoms with E-state index in [1.165, 1.54) is 33.2 Å². The molecular formula is C27H35N5O3S2. The Labute approximate surface area is 226 Å². The summed E-state index contributed by atoms with van der Waals surface area (Å²) < 4.78 is 6.96. The van der Waals surface area contributed by atoms with Gasteiger partial charge in [0.2, 0.25) is 0 Å². The van der Waals surface area contributed by atoms with E-state index in [1.807, 2.05) is 38.0 Å². The summed E-state index contributed by atoms with van der Waals surface area (Å²) in [7, 11) is 0. The molecule has 0 spiro atoms. The number of thioether (sulfide) groups is 1. The van der Waals surface area contributed by atoms with Crippen molar-refractivity contribution < 1.29 is 14.6 Å². The number of alkyl carbamates (subject to hydrolysis) is 1. The van der Waals surface area contributed by atoms with E-state index in [0.717, 1.165) is 37.1 Å². The van der Waals surface area contributed by atoms with Crippen LogP contribution in [0.2, 0.25) is 0 Å².